The quantitative estimate of drug-likeness (QED) is 0.335. The molecule has 0 aromatic heterocycles. The van der Waals surface area contributed by atoms with Gasteiger partial charge in [0.1, 0.15) is 17.4 Å². The molecule has 0 bridgehead atoms. The Hall–Kier alpha value is -3.08. The molecule has 5 heteroatoms. The summed E-state index contributed by atoms with van der Waals surface area (Å²) in [7, 11) is 0. The van der Waals surface area contributed by atoms with E-state index in [1.54, 1.807) is 42.5 Å². The van der Waals surface area contributed by atoms with E-state index in [1.807, 2.05) is 12.2 Å². The topological polar surface area (TPSA) is 120 Å². The Morgan fingerprint density at radius 3 is 1.76 bits per heavy atom. The lowest BCUT2D eigenvalue weighted by Gasteiger charge is -2.05. The minimum atomic E-state index is -0.0719. The molecule has 0 saturated heterocycles. The first-order valence-electron chi connectivity index (χ1n) is 6.27. The number of benzene rings is 2. The first kappa shape index (κ1) is 14.3. The van der Waals surface area contributed by atoms with Crippen LogP contribution < -0.4 is 11.5 Å². The van der Waals surface area contributed by atoms with E-state index in [0.29, 0.717) is 11.1 Å². The van der Waals surface area contributed by atoms with Crippen LogP contribution in [0, 0.1) is 10.8 Å². The lowest BCUT2D eigenvalue weighted by Crippen LogP contribution is -2.15. The Kier molecular flexibility index (Phi) is 4.04. The normalized spacial score (nSPS) is 10.7. The zero-order valence-corrected chi connectivity index (χ0v) is 11.3. The Morgan fingerprint density at radius 2 is 1.29 bits per heavy atom. The number of phenolic OH excluding ortho intramolecular Hbond substituents is 1. The SMILES string of the molecule is N=C(N)c1cc(/C=C/c2ccc(O)cc2)cc(C(=N)N)c1. The van der Waals surface area contributed by atoms with Gasteiger partial charge in [-0.15, -0.1) is 0 Å². The van der Waals surface area contributed by atoms with Crippen LogP contribution in [0.25, 0.3) is 12.2 Å². The van der Waals surface area contributed by atoms with Gasteiger partial charge < -0.3 is 16.6 Å². The van der Waals surface area contributed by atoms with Gasteiger partial charge in [-0.2, -0.15) is 0 Å². The van der Waals surface area contributed by atoms with Crippen molar-refractivity contribution in [3.8, 4) is 5.75 Å². The number of aromatic hydroxyl groups is 1. The summed E-state index contributed by atoms with van der Waals surface area (Å²) >= 11 is 0. The van der Waals surface area contributed by atoms with E-state index in [9.17, 15) is 5.11 Å². The average Bonchev–Trinajstić information content (AvgIpc) is 2.46. The molecule has 0 aliphatic heterocycles. The smallest absolute Gasteiger partial charge is 0.122 e. The molecule has 0 amide bonds. The van der Waals surface area contributed by atoms with Crippen LogP contribution in [-0.2, 0) is 0 Å². The number of amidine groups is 2. The fourth-order valence-electron chi connectivity index (χ4n) is 1.84. The first-order chi connectivity index (χ1) is 9.95. The molecule has 7 N–H and O–H groups in total. The van der Waals surface area contributed by atoms with Gasteiger partial charge in [-0.05, 0) is 41.5 Å². The van der Waals surface area contributed by atoms with Crippen molar-refractivity contribution in [2.75, 3.05) is 0 Å². The number of nitrogen functional groups attached to an aromatic ring is 2. The van der Waals surface area contributed by atoms with Crippen LogP contribution in [0.2, 0.25) is 0 Å². The molecular weight excluding hydrogens is 264 g/mol. The lowest BCUT2D eigenvalue weighted by atomic mass is 10.0. The summed E-state index contributed by atoms with van der Waals surface area (Å²) in [5.41, 5.74) is 13.7. The van der Waals surface area contributed by atoms with E-state index in [4.69, 9.17) is 22.3 Å². The monoisotopic (exact) mass is 280 g/mol. The van der Waals surface area contributed by atoms with Gasteiger partial charge in [-0.25, -0.2) is 0 Å². The van der Waals surface area contributed by atoms with Gasteiger partial charge >= 0.3 is 0 Å². The molecule has 2 aromatic carbocycles. The van der Waals surface area contributed by atoms with Crippen molar-refractivity contribution in [2.45, 2.75) is 0 Å². The Bertz CT molecular complexity index is 685. The first-order valence-corrected chi connectivity index (χ1v) is 6.27. The molecule has 106 valence electrons. The van der Waals surface area contributed by atoms with Gasteiger partial charge in [-0.1, -0.05) is 24.3 Å². The molecule has 21 heavy (non-hydrogen) atoms. The highest BCUT2D eigenvalue weighted by molar-refractivity contribution is 6.01. The molecular formula is C16H16N4O. The summed E-state index contributed by atoms with van der Waals surface area (Å²) in [6.45, 7) is 0. The molecule has 0 fully saturated rings. The van der Waals surface area contributed by atoms with Crippen LogP contribution in [0.3, 0.4) is 0 Å². The fraction of sp³-hybridized carbons (Fsp3) is 0. The molecule has 0 spiro atoms. The Morgan fingerprint density at radius 1 is 0.810 bits per heavy atom. The van der Waals surface area contributed by atoms with Gasteiger partial charge in [-0.3, -0.25) is 10.8 Å². The molecule has 0 unspecified atom stereocenters. The molecule has 0 atom stereocenters. The summed E-state index contributed by atoms with van der Waals surface area (Å²) in [6.07, 6.45) is 3.70. The van der Waals surface area contributed by atoms with Crippen LogP contribution in [0.4, 0.5) is 0 Å². The molecule has 2 aromatic rings. The highest BCUT2D eigenvalue weighted by Crippen LogP contribution is 2.15. The third-order valence-electron chi connectivity index (χ3n) is 2.94. The van der Waals surface area contributed by atoms with E-state index in [1.165, 1.54) is 0 Å². The van der Waals surface area contributed by atoms with Crippen molar-refractivity contribution in [3.05, 3.63) is 64.7 Å². The highest BCUT2D eigenvalue weighted by Gasteiger charge is 2.04. The van der Waals surface area contributed by atoms with E-state index < -0.39 is 0 Å². The highest BCUT2D eigenvalue weighted by atomic mass is 16.3. The summed E-state index contributed by atoms with van der Waals surface area (Å²) in [5, 5.41) is 24.2. The maximum absolute atomic E-state index is 9.24. The average molecular weight is 280 g/mol. The molecule has 0 radical (unpaired) electrons. The maximum Gasteiger partial charge on any atom is 0.122 e. The number of hydrogen-bond donors (Lipinski definition) is 5. The van der Waals surface area contributed by atoms with Crippen molar-refractivity contribution < 1.29 is 5.11 Å². The predicted octanol–water partition coefficient (Wildman–Crippen LogP) is 2.13. The summed E-state index contributed by atoms with van der Waals surface area (Å²) in [6, 6.07) is 11.9. The third-order valence-corrected chi connectivity index (χ3v) is 2.94. The van der Waals surface area contributed by atoms with Gasteiger partial charge in [0.05, 0.1) is 0 Å². The van der Waals surface area contributed by atoms with Gasteiger partial charge in [0, 0.05) is 11.1 Å². The molecule has 5 nitrogen and oxygen atoms in total. The minimum absolute atomic E-state index is 0.0719. The van der Waals surface area contributed by atoms with Crippen LogP contribution in [0.1, 0.15) is 22.3 Å². The van der Waals surface area contributed by atoms with E-state index in [-0.39, 0.29) is 17.4 Å². The molecule has 0 heterocycles. The zero-order chi connectivity index (χ0) is 15.4. The maximum atomic E-state index is 9.24. The number of rotatable bonds is 4. The fourth-order valence-corrected chi connectivity index (χ4v) is 1.84. The number of nitrogens with one attached hydrogen (secondary N) is 2. The van der Waals surface area contributed by atoms with E-state index >= 15 is 0 Å². The molecule has 0 aliphatic carbocycles. The standard InChI is InChI=1S/C16H16N4O/c17-15(18)12-7-11(8-13(9-12)16(19)20)2-1-10-3-5-14(21)6-4-10/h1-9,21H,(H3,17,18)(H3,19,20)/b2-1+. The van der Waals surface area contributed by atoms with Crippen molar-refractivity contribution in [1.82, 2.24) is 0 Å². The lowest BCUT2D eigenvalue weighted by molar-refractivity contribution is 0.475. The van der Waals surface area contributed by atoms with Crippen LogP contribution in [0.5, 0.6) is 5.75 Å². The minimum Gasteiger partial charge on any atom is -0.508 e. The molecule has 2 rings (SSSR count). The van der Waals surface area contributed by atoms with Crippen molar-refractivity contribution >= 4 is 23.8 Å². The van der Waals surface area contributed by atoms with Crippen molar-refractivity contribution in [1.29, 1.82) is 10.8 Å². The zero-order valence-electron chi connectivity index (χ0n) is 11.3. The second kappa shape index (κ2) is 5.92. The van der Waals surface area contributed by atoms with Gasteiger partial charge in [0.15, 0.2) is 0 Å². The van der Waals surface area contributed by atoms with Crippen molar-refractivity contribution in [2.24, 2.45) is 11.5 Å². The van der Waals surface area contributed by atoms with Crippen LogP contribution in [0.15, 0.2) is 42.5 Å². The molecule has 0 saturated carbocycles. The summed E-state index contributed by atoms with van der Waals surface area (Å²) in [5.74, 6) is 0.0689. The Labute approximate surface area is 122 Å². The van der Waals surface area contributed by atoms with E-state index in [2.05, 4.69) is 0 Å². The number of hydrogen-bond acceptors (Lipinski definition) is 3. The second-order valence-corrected chi connectivity index (χ2v) is 4.60. The second-order valence-electron chi connectivity index (χ2n) is 4.60. The van der Waals surface area contributed by atoms with Crippen molar-refractivity contribution in [3.63, 3.8) is 0 Å². The summed E-state index contributed by atoms with van der Waals surface area (Å²) < 4.78 is 0. The predicted molar refractivity (Wildman–Crippen MR) is 85.5 cm³/mol. The van der Waals surface area contributed by atoms with Gasteiger partial charge in [0.25, 0.3) is 0 Å². The Balaban J connectivity index is 2.36. The van der Waals surface area contributed by atoms with Gasteiger partial charge in [0.2, 0.25) is 0 Å². The third kappa shape index (κ3) is 3.70. The number of phenols is 1. The van der Waals surface area contributed by atoms with Crippen LogP contribution >= 0.6 is 0 Å². The largest absolute Gasteiger partial charge is 0.508 e. The number of nitrogens with two attached hydrogens (primary N) is 2. The van der Waals surface area contributed by atoms with Crippen LogP contribution in [-0.4, -0.2) is 16.8 Å². The van der Waals surface area contributed by atoms with E-state index in [0.717, 1.165) is 11.1 Å². The molecule has 0 aliphatic rings. The summed E-state index contributed by atoms with van der Waals surface area (Å²) in [4.78, 5) is 0.